The largest absolute Gasteiger partial charge is 0.350 e. The summed E-state index contributed by atoms with van der Waals surface area (Å²) in [7, 11) is 3.88. The topological polar surface area (TPSA) is 71.2 Å². The molecule has 0 amide bonds. The van der Waals surface area contributed by atoms with Crippen molar-refractivity contribution in [1.29, 1.82) is 0 Å². The third kappa shape index (κ3) is 3.89. The Hall–Kier alpha value is -3.48. The van der Waals surface area contributed by atoms with Gasteiger partial charge in [-0.15, -0.1) is 0 Å². The van der Waals surface area contributed by atoms with Gasteiger partial charge in [-0.3, -0.25) is 4.98 Å². The maximum Gasteiger partial charge on any atom is 0.230 e. The molecular weight excluding hydrogens is 362 g/mol. The van der Waals surface area contributed by atoms with Gasteiger partial charge in [0.2, 0.25) is 11.9 Å². The number of aromatic nitrogens is 5. The SMILES string of the molecule is CC(C)c1cnn2c(NCc3ccc(-c4ccccn4)cc3)nc(N(C)C)nc12. The molecule has 0 radical (unpaired) electrons. The highest BCUT2D eigenvalue weighted by Gasteiger charge is 2.15. The molecule has 0 saturated heterocycles. The Labute approximate surface area is 170 Å². The lowest BCUT2D eigenvalue weighted by Gasteiger charge is -2.14. The minimum Gasteiger partial charge on any atom is -0.350 e. The molecular formula is C22H25N7. The van der Waals surface area contributed by atoms with E-state index in [1.54, 1.807) is 4.52 Å². The van der Waals surface area contributed by atoms with Gasteiger partial charge in [-0.2, -0.15) is 19.6 Å². The molecule has 0 atom stereocenters. The standard InChI is InChI=1S/C22H25N7/c1-15(2)18-14-25-29-20(18)26-22(28(3)4)27-21(29)24-13-16-8-10-17(11-9-16)19-7-5-6-12-23-19/h5-12,14-15H,13H2,1-4H3,(H,24,26,27). The molecule has 4 aromatic rings. The van der Waals surface area contributed by atoms with Crippen LogP contribution < -0.4 is 10.2 Å². The number of anilines is 2. The summed E-state index contributed by atoms with van der Waals surface area (Å²) < 4.78 is 1.78. The van der Waals surface area contributed by atoms with E-state index in [0.717, 1.165) is 28.0 Å². The molecule has 0 aliphatic carbocycles. The highest BCUT2D eigenvalue weighted by Crippen LogP contribution is 2.23. The van der Waals surface area contributed by atoms with Crippen LogP contribution >= 0.6 is 0 Å². The number of fused-ring (bicyclic) bond motifs is 1. The molecule has 0 bridgehead atoms. The quantitative estimate of drug-likeness (QED) is 0.539. The summed E-state index contributed by atoms with van der Waals surface area (Å²) in [6, 6.07) is 14.3. The van der Waals surface area contributed by atoms with Crippen molar-refractivity contribution in [1.82, 2.24) is 24.6 Å². The van der Waals surface area contributed by atoms with Crippen molar-refractivity contribution in [2.75, 3.05) is 24.3 Å². The zero-order valence-corrected chi connectivity index (χ0v) is 17.2. The minimum atomic E-state index is 0.337. The second kappa shape index (κ2) is 7.87. The lowest BCUT2D eigenvalue weighted by Crippen LogP contribution is -2.17. The highest BCUT2D eigenvalue weighted by atomic mass is 15.4. The van der Waals surface area contributed by atoms with Gasteiger partial charge in [0.1, 0.15) is 0 Å². The zero-order valence-electron chi connectivity index (χ0n) is 17.2. The van der Waals surface area contributed by atoms with Crippen LogP contribution in [0, 0.1) is 0 Å². The summed E-state index contributed by atoms with van der Waals surface area (Å²) in [5, 5.41) is 7.93. The van der Waals surface area contributed by atoms with E-state index >= 15 is 0 Å². The molecule has 7 heteroatoms. The van der Waals surface area contributed by atoms with E-state index in [1.807, 2.05) is 49.6 Å². The molecule has 3 heterocycles. The first kappa shape index (κ1) is 18.9. The van der Waals surface area contributed by atoms with Gasteiger partial charge in [0.05, 0.1) is 11.9 Å². The number of benzene rings is 1. The van der Waals surface area contributed by atoms with Crippen LogP contribution in [0.1, 0.15) is 30.9 Å². The van der Waals surface area contributed by atoms with Crippen molar-refractivity contribution >= 4 is 17.5 Å². The van der Waals surface area contributed by atoms with Gasteiger partial charge in [0, 0.05) is 38.0 Å². The van der Waals surface area contributed by atoms with Gasteiger partial charge in [-0.05, 0) is 23.6 Å². The Morgan fingerprint density at radius 2 is 1.83 bits per heavy atom. The van der Waals surface area contributed by atoms with Gasteiger partial charge in [0.15, 0.2) is 5.65 Å². The summed E-state index contributed by atoms with van der Waals surface area (Å²) >= 11 is 0. The molecule has 0 unspecified atom stereocenters. The fraction of sp³-hybridized carbons (Fsp3) is 0.273. The van der Waals surface area contributed by atoms with E-state index in [-0.39, 0.29) is 0 Å². The molecule has 1 aromatic carbocycles. The smallest absolute Gasteiger partial charge is 0.230 e. The molecule has 3 aromatic heterocycles. The number of nitrogens with one attached hydrogen (secondary N) is 1. The molecule has 148 valence electrons. The lowest BCUT2D eigenvalue weighted by molar-refractivity contribution is 0.855. The van der Waals surface area contributed by atoms with E-state index in [1.165, 1.54) is 0 Å². The Balaban J connectivity index is 1.59. The highest BCUT2D eigenvalue weighted by molar-refractivity contribution is 5.59. The van der Waals surface area contributed by atoms with Crippen molar-refractivity contribution in [3.05, 3.63) is 66.0 Å². The van der Waals surface area contributed by atoms with Gasteiger partial charge in [-0.25, -0.2) is 0 Å². The van der Waals surface area contributed by atoms with E-state index < -0.39 is 0 Å². The van der Waals surface area contributed by atoms with Crippen molar-refractivity contribution in [3.8, 4) is 11.3 Å². The maximum atomic E-state index is 4.69. The molecule has 7 nitrogen and oxygen atoms in total. The van der Waals surface area contributed by atoms with Crippen molar-refractivity contribution < 1.29 is 0 Å². The zero-order chi connectivity index (χ0) is 20.4. The number of hydrogen-bond donors (Lipinski definition) is 1. The van der Waals surface area contributed by atoms with E-state index in [4.69, 9.17) is 0 Å². The summed E-state index contributed by atoms with van der Waals surface area (Å²) in [6.07, 6.45) is 3.68. The summed E-state index contributed by atoms with van der Waals surface area (Å²) in [5.41, 5.74) is 5.17. The van der Waals surface area contributed by atoms with Gasteiger partial charge in [0.25, 0.3) is 0 Å². The normalized spacial score (nSPS) is 11.2. The molecule has 4 rings (SSSR count). The second-order valence-electron chi connectivity index (χ2n) is 7.50. The van der Waals surface area contributed by atoms with E-state index in [0.29, 0.717) is 24.4 Å². The van der Waals surface area contributed by atoms with Crippen LogP contribution in [0.5, 0.6) is 0 Å². The first-order valence-corrected chi connectivity index (χ1v) is 9.70. The Morgan fingerprint density at radius 1 is 1.03 bits per heavy atom. The van der Waals surface area contributed by atoms with Crippen LogP contribution in [0.15, 0.2) is 54.9 Å². The van der Waals surface area contributed by atoms with Crippen LogP contribution in [-0.4, -0.2) is 38.7 Å². The van der Waals surface area contributed by atoms with Crippen LogP contribution in [-0.2, 0) is 6.54 Å². The van der Waals surface area contributed by atoms with Crippen molar-refractivity contribution in [2.45, 2.75) is 26.3 Å². The van der Waals surface area contributed by atoms with Crippen molar-refractivity contribution in [2.24, 2.45) is 0 Å². The van der Waals surface area contributed by atoms with Gasteiger partial charge in [-0.1, -0.05) is 44.2 Å². The average molecular weight is 387 g/mol. The Kier molecular flexibility index (Phi) is 5.12. The summed E-state index contributed by atoms with van der Waals surface area (Å²) in [6.45, 7) is 4.92. The lowest BCUT2D eigenvalue weighted by atomic mass is 10.1. The van der Waals surface area contributed by atoms with E-state index in [9.17, 15) is 0 Å². The third-order valence-corrected chi connectivity index (χ3v) is 4.77. The molecule has 0 fully saturated rings. The van der Waals surface area contributed by atoms with Gasteiger partial charge < -0.3 is 10.2 Å². The second-order valence-corrected chi connectivity index (χ2v) is 7.50. The first-order chi connectivity index (χ1) is 14.0. The maximum absolute atomic E-state index is 4.69. The molecule has 0 aliphatic rings. The fourth-order valence-electron chi connectivity index (χ4n) is 3.11. The van der Waals surface area contributed by atoms with E-state index in [2.05, 4.69) is 63.5 Å². The monoisotopic (exact) mass is 387 g/mol. The molecule has 0 spiro atoms. The van der Waals surface area contributed by atoms with Gasteiger partial charge >= 0.3 is 0 Å². The molecule has 1 N–H and O–H groups in total. The van der Waals surface area contributed by atoms with Crippen LogP contribution in [0.2, 0.25) is 0 Å². The number of hydrogen-bond acceptors (Lipinski definition) is 6. The summed E-state index contributed by atoms with van der Waals surface area (Å²) in [5.74, 6) is 1.68. The van der Waals surface area contributed by atoms with Crippen molar-refractivity contribution in [3.63, 3.8) is 0 Å². The first-order valence-electron chi connectivity index (χ1n) is 9.70. The van der Waals surface area contributed by atoms with Crippen LogP contribution in [0.25, 0.3) is 16.9 Å². The number of nitrogens with zero attached hydrogens (tertiary/aromatic N) is 6. The third-order valence-electron chi connectivity index (χ3n) is 4.77. The Morgan fingerprint density at radius 3 is 2.48 bits per heavy atom. The molecule has 0 saturated carbocycles. The van der Waals surface area contributed by atoms with Crippen LogP contribution in [0.4, 0.5) is 11.9 Å². The predicted molar refractivity (Wildman–Crippen MR) is 116 cm³/mol. The predicted octanol–water partition coefficient (Wildman–Crippen LogP) is 3.99. The molecule has 0 aliphatic heterocycles. The van der Waals surface area contributed by atoms with Crippen LogP contribution in [0.3, 0.4) is 0 Å². The fourth-order valence-corrected chi connectivity index (χ4v) is 3.11. The number of pyridine rings is 1. The average Bonchev–Trinajstić information content (AvgIpc) is 3.17. The Bertz CT molecular complexity index is 1100. The molecule has 29 heavy (non-hydrogen) atoms. The minimum absolute atomic E-state index is 0.337. The number of rotatable bonds is 6. The summed E-state index contributed by atoms with van der Waals surface area (Å²) in [4.78, 5) is 15.6.